The van der Waals surface area contributed by atoms with Crippen LogP contribution in [-0.2, 0) is 0 Å². The number of rotatable bonds is 4. The molecule has 1 amide bonds. The molecule has 3 rings (SSSR count). The molecule has 0 saturated heterocycles. The van der Waals surface area contributed by atoms with E-state index in [2.05, 4.69) is 20.7 Å². The van der Waals surface area contributed by atoms with Gasteiger partial charge in [0.25, 0.3) is 5.91 Å². The molecule has 0 spiro atoms. The van der Waals surface area contributed by atoms with Crippen molar-refractivity contribution in [3.05, 3.63) is 76.4 Å². The van der Waals surface area contributed by atoms with Gasteiger partial charge in [-0.15, -0.1) is 0 Å². The van der Waals surface area contributed by atoms with Crippen molar-refractivity contribution in [2.75, 3.05) is 0 Å². The molecule has 3 aromatic rings. The Bertz CT molecular complexity index is 867. The van der Waals surface area contributed by atoms with Gasteiger partial charge in [-0.1, -0.05) is 53.6 Å². The van der Waals surface area contributed by atoms with Gasteiger partial charge in [-0.05, 0) is 30.7 Å². The minimum Gasteiger partial charge on any atom is -0.272 e. The molecule has 6 heteroatoms. The zero-order chi connectivity index (χ0) is 16.9. The van der Waals surface area contributed by atoms with Gasteiger partial charge in [0, 0.05) is 10.6 Å². The lowest BCUT2D eigenvalue weighted by Gasteiger charge is -1.97. The number of aryl methyl sites for hydroxylation is 1. The molecule has 0 bridgehead atoms. The summed E-state index contributed by atoms with van der Waals surface area (Å²) in [7, 11) is 0. The summed E-state index contributed by atoms with van der Waals surface area (Å²) in [5.74, 6) is -0.355. The highest BCUT2D eigenvalue weighted by molar-refractivity contribution is 6.30. The predicted molar refractivity (Wildman–Crippen MR) is 95.3 cm³/mol. The summed E-state index contributed by atoms with van der Waals surface area (Å²) in [5.41, 5.74) is 6.47. The minimum atomic E-state index is -0.355. The van der Waals surface area contributed by atoms with E-state index in [4.69, 9.17) is 11.6 Å². The second-order valence-electron chi connectivity index (χ2n) is 5.28. The topological polar surface area (TPSA) is 70.1 Å². The summed E-state index contributed by atoms with van der Waals surface area (Å²) in [5, 5.41) is 11.5. The molecular formula is C18H15ClN4O. The maximum absolute atomic E-state index is 12.1. The van der Waals surface area contributed by atoms with Crippen molar-refractivity contribution in [2.24, 2.45) is 5.10 Å². The number of H-pyrrole nitrogens is 1. The number of amides is 1. The quantitative estimate of drug-likeness (QED) is 0.561. The van der Waals surface area contributed by atoms with Gasteiger partial charge in [-0.25, -0.2) is 5.43 Å². The number of nitrogens with zero attached hydrogens (tertiary/aromatic N) is 2. The number of halogens is 1. The standard InChI is InChI=1S/C18H15ClN4O/c1-12-2-6-14(7-3-12)16-10-17(22-21-16)18(24)23-20-11-13-4-8-15(19)9-5-13/h2-11H,1H3,(H,21,22)(H,23,24). The first kappa shape index (κ1) is 16.0. The smallest absolute Gasteiger partial charge is 0.272 e. The van der Waals surface area contributed by atoms with Crippen LogP contribution >= 0.6 is 11.6 Å². The van der Waals surface area contributed by atoms with Crippen molar-refractivity contribution in [3.63, 3.8) is 0 Å². The van der Waals surface area contributed by atoms with Crippen molar-refractivity contribution in [1.82, 2.24) is 15.6 Å². The van der Waals surface area contributed by atoms with Crippen LogP contribution in [0.2, 0.25) is 5.02 Å². The van der Waals surface area contributed by atoms with Gasteiger partial charge in [0.15, 0.2) is 0 Å². The van der Waals surface area contributed by atoms with Gasteiger partial charge in [0.05, 0.1) is 11.9 Å². The van der Waals surface area contributed by atoms with Crippen LogP contribution in [0.25, 0.3) is 11.3 Å². The Morgan fingerprint density at radius 1 is 1.17 bits per heavy atom. The van der Waals surface area contributed by atoms with E-state index in [1.54, 1.807) is 24.4 Å². The van der Waals surface area contributed by atoms with E-state index in [9.17, 15) is 4.79 Å². The van der Waals surface area contributed by atoms with Crippen LogP contribution in [0.15, 0.2) is 59.7 Å². The molecule has 1 aromatic heterocycles. The molecule has 0 aliphatic heterocycles. The first-order valence-electron chi connectivity index (χ1n) is 7.33. The van der Waals surface area contributed by atoms with Crippen molar-refractivity contribution in [1.29, 1.82) is 0 Å². The van der Waals surface area contributed by atoms with E-state index in [-0.39, 0.29) is 5.91 Å². The number of hydrogen-bond acceptors (Lipinski definition) is 3. The highest BCUT2D eigenvalue weighted by Gasteiger charge is 2.10. The molecule has 0 fully saturated rings. The fourth-order valence-corrected chi connectivity index (χ4v) is 2.21. The van der Waals surface area contributed by atoms with Gasteiger partial charge < -0.3 is 0 Å². The lowest BCUT2D eigenvalue weighted by Crippen LogP contribution is -2.17. The normalized spacial score (nSPS) is 10.9. The molecule has 2 aromatic carbocycles. The third-order valence-corrected chi connectivity index (χ3v) is 3.67. The summed E-state index contributed by atoms with van der Waals surface area (Å²) >= 11 is 5.81. The molecule has 1 heterocycles. The van der Waals surface area contributed by atoms with E-state index in [0.717, 1.165) is 11.1 Å². The zero-order valence-corrected chi connectivity index (χ0v) is 13.7. The van der Waals surface area contributed by atoms with Gasteiger partial charge in [0.1, 0.15) is 5.69 Å². The first-order valence-corrected chi connectivity index (χ1v) is 7.71. The van der Waals surface area contributed by atoms with E-state index >= 15 is 0 Å². The summed E-state index contributed by atoms with van der Waals surface area (Å²) in [6, 6.07) is 16.8. The van der Waals surface area contributed by atoms with E-state index in [1.165, 1.54) is 5.56 Å². The molecule has 2 N–H and O–H groups in total. The van der Waals surface area contributed by atoms with Gasteiger partial charge in [-0.2, -0.15) is 10.2 Å². The molecular weight excluding hydrogens is 324 g/mol. The summed E-state index contributed by atoms with van der Waals surface area (Å²) < 4.78 is 0. The van der Waals surface area contributed by atoms with Crippen molar-refractivity contribution >= 4 is 23.7 Å². The van der Waals surface area contributed by atoms with Crippen LogP contribution in [0.5, 0.6) is 0 Å². The third kappa shape index (κ3) is 3.88. The number of carbonyl (C=O) groups is 1. The maximum atomic E-state index is 12.1. The molecule has 0 aliphatic rings. The fourth-order valence-electron chi connectivity index (χ4n) is 2.08. The highest BCUT2D eigenvalue weighted by atomic mass is 35.5. The van der Waals surface area contributed by atoms with Crippen LogP contribution in [0.4, 0.5) is 0 Å². The second-order valence-corrected chi connectivity index (χ2v) is 5.72. The molecule has 24 heavy (non-hydrogen) atoms. The molecule has 5 nitrogen and oxygen atoms in total. The number of hydrazone groups is 1. The Morgan fingerprint density at radius 2 is 1.88 bits per heavy atom. The second kappa shape index (κ2) is 7.10. The van der Waals surface area contributed by atoms with E-state index in [1.807, 2.05) is 43.3 Å². The number of aromatic nitrogens is 2. The zero-order valence-electron chi connectivity index (χ0n) is 13.0. The van der Waals surface area contributed by atoms with Crippen LogP contribution < -0.4 is 5.43 Å². The predicted octanol–water partition coefficient (Wildman–Crippen LogP) is 3.80. The lowest BCUT2D eigenvalue weighted by molar-refractivity contribution is 0.0950. The molecule has 0 atom stereocenters. The fraction of sp³-hybridized carbons (Fsp3) is 0.0556. The number of benzene rings is 2. The van der Waals surface area contributed by atoms with Gasteiger partial charge >= 0.3 is 0 Å². The van der Waals surface area contributed by atoms with E-state index < -0.39 is 0 Å². The summed E-state index contributed by atoms with van der Waals surface area (Å²) in [6.07, 6.45) is 1.55. The number of hydrogen-bond donors (Lipinski definition) is 2. The molecule has 0 aliphatic carbocycles. The minimum absolute atomic E-state index is 0.346. The first-order chi connectivity index (χ1) is 11.6. The largest absolute Gasteiger partial charge is 0.289 e. The molecule has 0 radical (unpaired) electrons. The molecule has 120 valence electrons. The van der Waals surface area contributed by atoms with Gasteiger partial charge in [-0.3, -0.25) is 9.89 Å². The Balaban J connectivity index is 1.65. The lowest BCUT2D eigenvalue weighted by atomic mass is 10.1. The molecule has 0 unspecified atom stereocenters. The Labute approximate surface area is 144 Å². The Hall–Kier alpha value is -2.92. The summed E-state index contributed by atoms with van der Waals surface area (Å²) in [4.78, 5) is 12.1. The van der Waals surface area contributed by atoms with Crippen LogP contribution in [-0.4, -0.2) is 22.3 Å². The Morgan fingerprint density at radius 3 is 2.58 bits per heavy atom. The van der Waals surface area contributed by atoms with Crippen LogP contribution in [0.3, 0.4) is 0 Å². The number of carbonyl (C=O) groups excluding carboxylic acids is 1. The van der Waals surface area contributed by atoms with Crippen LogP contribution in [0.1, 0.15) is 21.6 Å². The molecule has 0 saturated carbocycles. The van der Waals surface area contributed by atoms with Crippen molar-refractivity contribution in [3.8, 4) is 11.3 Å². The van der Waals surface area contributed by atoms with E-state index in [0.29, 0.717) is 16.4 Å². The third-order valence-electron chi connectivity index (χ3n) is 3.42. The Kier molecular flexibility index (Phi) is 4.72. The average Bonchev–Trinajstić information content (AvgIpc) is 3.07. The highest BCUT2D eigenvalue weighted by Crippen LogP contribution is 2.18. The number of aromatic amines is 1. The summed E-state index contributed by atoms with van der Waals surface area (Å²) in [6.45, 7) is 2.02. The monoisotopic (exact) mass is 338 g/mol. The SMILES string of the molecule is Cc1ccc(-c2cc(C(=O)NN=Cc3ccc(Cl)cc3)[nH]n2)cc1. The van der Waals surface area contributed by atoms with Crippen molar-refractivity contribution < 1.29 is 4.79 Å². The number of nitrogens with one attached hydrogen (secondary N) is 2. The maximum Gasteiger partial charge on any atom is 0.289 e. The van der Waals surface area contributed by atoms with Gasteiger partial charge in [0.2, 0.25) is 0 Å². The van der Waals surface area contributed by atoms with Crippen molar-refractivity contribution in [2.45, 2.75) is 6.92 Å². The van der Waals surface area contributed by atoms with Crippen LogP contribution in [0, 0.1) is 6.92 Å². The average molecular weight is 339 g/mol.